The van der Waals surface area contributed by atoms with Gasteiger partial charge in [-0.3, -0.25) is 9.10 Å². The molecule has 0 aliphatic carbocycles. The van der Waals surface area contributed by atoms with Gasteiger partial charge in [-0.2, -0.15) is 0 Å². The van der Waals surface area contributed by atoms with Crippen LogP contribution in [0, 0.1) is 0 Å². The van der Waals surface area contributed by atoms with Gasteiger partial charge in [-0.1, -0.05) is 11.6 Å². The van der Waals surface area contributed by atoms with E-state index in [-0.39, 0.29) is 27.9 Å². The van der Waals surface area contributed by atoms with Crippen molar-refractivity contribution in [2.24, 2.45) is 0 Å². The number of anilines is 1. The van der Waals surface area contributed by atoms with Crippen LogP contribution in [0.4, 0.5) is 5.69 Å². The molecule has 0 spiro atoms. The fraction of sp³-hybridized carbons (Fsp3) is 0.190. The molecule has 0 radical (unpaired) electrons. The molecule has 0 saturated carbocycles. The number of nitrogens with zero attached hydrogens (tertiary/aromatic N) is 2. The molecular weight excluding hydrogens is 428 g/mol. The van der Waals surface area contributed by atoms with Crippen LogP contribution in [0.1, 0.15) is 16.1 Å². The van der Waals surface area contributed by atoms with Crippen molar-refractivity contribution in [3.63, 3.8) is 0 Å². The second-order valence-corrected chi connectivity index (χ2v) is 8.93. The number of halogens is 1. The molecule has 3 aromatic rings. The van der Waals surface area contributed by atoms with Crippen LogP contribution in [0.15, 0.2) is 70.2 Å². The largest absolute Gasteiger partial charge is 0.497 e. The lowest BCUT2D eigenvalue weighted by molar-refractivity contribution is 0.0775. The lowest BCUT2D eigenvalue weighted by Crippen LogP contribution is -2.28. The van der Waals surface area contributed by atoms with Crippen molar-refractivity contribution < 1.29 is 22.4 Å². The summed E-state index contributed by atoms with van der Waals surface area (Å²) in [5, 5.41) is 0.227. The van der Waals surface area contributed by atoms with Crippen LogP contribution in [-0.2, 0) is 16.6 Å². The molecule has 0 aliphatic heterocycles. The van der Waals surface area contributed by atoms with Crippen molar-refractivity contribution in [2.75, 3.05) is 25.5 Å². The molecule has 0 unspecified atom stereocenters. The third-order valence-corrected chi connectivity index (χ3v) is 6.71. The van der Waals surface area contributed by atoms with Gasteiger partial charge in [0.15, 0.2) is 0 Å². The second kappa shape index (κ2) is 8.81. The van der Waals surface area contributed by atoms with Crippen molar-refractivity contribution >= 4 is 33.2 Å². The normalized spacial score (nSPS) is 11.2. The molecule has 3 rings (SSSR count). The predicted molar refractivity (Wildman–Crippen MR) is 115 cm³/mol. The van der Waals surface area contributed by atoms with Crippen LogP contribution in [0.25, 0.3) is 0 Å². The van der Waals surface area contributed by atoms with Crippen LogP contribution in [0.3, 0.4) is 0 Å². The Morgan fingerprint density at radius 1 is 1.10 bits per heavy atom. The summed E-state index contributed by atoms with van der Waals surface area (Å²) in [6.07, 6.45) is 1.53. The Kier molecular flexibility index (Phi) is 6.38. The minimum absolute atomic E-state index is 0.101. The summed E-state index contributed by atoms with van der Waals surface area (Å²) in [6, 6.07) is 14.1. The number of hydrogen-bond donors (Lipinski definition) is 0. The standard InChI is InChI=1S/C21H21ClN2O5S/c1-23(14-17-5-4-12-29-17)21(25)19-13-15(6-11-20(19)22)24(2)30(26,27)18-9-7-16(28-3)8-10-18/h4-13H,14H2,1-3H3. The van der Waals surface area contributed by atoms with Gasteiger partial charge >= 0.3 is 0 Å². The SMILES string of the molecule is COc1ccc(S(=O)(=O)N(C)c2ccc(Cl)c(C(=O)N(C)Cc3ccco3)c2)cc1. The third kappa shape index (κ3) is 4.44. The maximum absolute atomic E-state index is 13.0. The molecule has 0 fully saturated rings. The first-order valence-electron chi connectivity index (χ1n) is 8.94. The molecule has 7 nitrogen and oxygen atoms in total. The maximum atomic E-state index is 13.0. The van der Waals surface area contributed by atoms with E-state index < -0.39 is 10.0 Å². The van der Waals surface area contributed by atoms with Gasteiger partial charge < -0.3 is 14.1 Å². The summed E-state index contributed by atoms with van der Waals surface area (Å²) in [5.41, 5.74) is 0.505. The zero-order valence-electron chi connectivity index (χ0n) is 16.7. The molecule has 1 heterocycles. The average Bonchev–Trinajstić information content (AvgIpc) is 3.26. The Bertz CT molecular complexity index is 1130. The molecule has 30 heavy (non-hydrogen) atoms. The number of carbonyl (C=O) groups excluding carboxylic acids is 1. The average molecular weight is 449 g/mol. The highest BCUT2D eigenvalue weighted by atomic mass is 35.5. The Balaban J connectivity index is 1.88. The van der Waals surface area contributed by atoms with Crippen LogP contribution >= 0.6 is 11.6 Å². The van der Waals surface area contributed by atoms with Crippen LogP contribution in [0.2, 0.25) is 5.02 Å². The highest BCUT2D eigenvalue weighted by Gasteiger charge is 2.24. The Morgan fingerprint density at radius 2 is 1.80 bits per heavy atom. The van der Waals surface area contributed by atoms with Gasteiger partial charge in [-0.15, -0.1) is 0 Å². The van der Waals surface area contributed by atoms with Crippen LogP contribution in [0.5, 0.6) is 5.75 Å². The van der Waals surface area contributed by atoms with Gasteiger partial charge in [0.2, 0.25) is 0 Å². The Labute approximate surface area is 180 Å². The molecule has 0 bridgehead atoms. The topological polar surface area (TPSA) is 80.1 Å². The monoisotopic (exact) mass is 448 g/mol. The van der Waals surface area contributed by atoms with E-state index in [1.807, 2.05) is 0 Å². The first-order valence-corrected chi connectivity index (χ1v) is 10.8. The minimum atomic E-state index is -3.84. The van der Waals surface area contributed by atoms with Crippen molar-refractivity contribution in [2.45, 2.75) is 11.4 Å². The van der Waals surface area contributed by atoms with E-state index in [9.17, 15) is 13.2 Å². The molecule has 0 aliphatic rings. The number of sulfonamides is 1. The molecule has 0 atom stereocenters. The van der Waals surface area contributed by atoms with E-state index in [1.54, 1.807) is 37.4 Å². The number of benzene rings is 2. The number of carbonyl (C=O) groups is 1. The molecule has 1 amide bonds. The molecule has 0 saturated heterocycles. The molecule has 9 heteroatoms. The predicted octanol–water partition coefficient (Wildman–Crippen LogP) is 4.04. The van der Waals surface area contributed by atoms with E-state index in [1.165, 1.54) is 49.6 Å². The van der Waals surface area contributed by atoms with Gasteiger partial charge in [-0.05, 0) is 54.6 Å². The number of furan rings is 1. The van der Waals surface area contributed by atoms with Crippen molar-refractivity contribution in [3.8, 4) is 5.75 Å². The zero-order chi connectivity index (χ0) is 21.9. The fourth-order valence-electron chi connectivity index (χ4n) is 2.83. The van der Waals surface area contributed by atoms with E-state index in [4.69, 9.17) is 20.8 Å². The van der Waals surface area contributed by atoms with Gasteiger partial charge in [0.05, 0.1) is 41.1 Å². The van der Waals surface area contributed by atoms with E-state index in [0.29, 0.717) is 17.2 Å². The summed E-state index contributed by atoms with van der Waals surface area (Å²) in [5.74, 6) is 0.821. The van der Waals surface area contributed by atoms with E-state index in [2.05, 4.69) is 0 Å². The fourth-order valence-corrected chi connectivity index (χ4v) is 4.22. The second-order valence-electron chi connectivity index (χ2n) is 6.55. The van der Waals surface area contributed by atoms with Crippen molar-refractivity contribution in [3.05, 3.63) is 77.2 Å². The first kappa shape index (κ1) is 21.7. The molecule has 2 aromatic carbocycles. The summed E-state index contributed by atoms with van der Waals surface area (Å²) in [6.45, 7) is 0.256. The number of ether oxygens (including phenoxy) is 1. The summed E-state index contributed by atoms with van der Waals surface area (Å²) in [7, 11) is 0.703. The summed E-state index contributed by atoms with van der Waals surface area (Å²) < 4.78 is 37.4. The Hall–Kier alpha value is -2.97. The number of rotatable bonds is 7. The molecular formula is C21H21ClN2O5S. The zero-order valence-corrected chi connectivity index (χ0v) is 18.3. The van der Waals surface area contributed by atoms with Gasteiger partial charge in [0, 0.05) is 14.1 Å². The maximum Gasteiger partial charge on any atom is 0.264 e. The molecule has 158 valence electrons. The lowest BCUT2D eigenvalue weighted by Gasteiger charge is -2.22. The molecule has 0 N–H and O–H groups in total. The van der Waals surface area contributed by atoms with Gasteiger partial charge in [-0.25, -0.2) is 8.42 Å². The number of amides is 1. The molecule has 1 aromatic heterocycles. The highest BCUT2D eigenvalue weighted by Crippen LogP contribution is 2.28. The van der Waals surface area contributed by atoms with Crippen LogP contribution in [-0.4, -0.2) is 40.4 Å². The number of hydrogen-bond acceptors (Lipinski definition) is 5. The van der Waals surface area contributed by atoms with Gasteiger partial charge in [0.25, 0.3) is 15.9 Å². The first-order chi connectivity index (χ1) is 14.2. The lowest BCUT2D eigenvalue weighted by atomic mass is 10.1. The van der Waals surface area contributed by atoms with Crippen molar-refractivity contribution in [1.82, 2.24) is 4.90 Å². The summed E-state index contributed by atoms with van der Waals surface area (Å²) in [4.78, 5) is 14.4. The van der Waals surface area contributed by atoms with E-state index >= 15 is 0 Å². The van der Waals surface area contributed by atoms with E-state index in [0.717, 1.165) is 4.31 Å². The van der Waals surface area contributed by atoms with Gasteiger partial charge in [0.1, 0.15) is 11.5 Å². The highest BCUT2D eigenvalue weighted by molar-refractivity contribution is 7.92. The number of methoxy groups -OCH3 is 1. The van der Waals surface area contributed by atoms with Crippen molar-refractivity contribution in [1.29, 1.82) is 0 Å². The van der Waals surface area contributed by atoms with Crippen LogP contribution < -0.4 is 9.04 Å². The quantitative estimate of drug-likeness (QED) is 0.545. The minimum Gasteiger partial charge on any atom is -0.497 e. The smallest absolute Gasteiger partial charge is 0.264 e. The Morgan fingerprint density at radius 3 is 2.40 bits per heavy atom. The third-order valence-electron chi connectivity index (χ3n) is 4.58. The summed E-state index contributed by atoms with van der Waals surface area (Å²) >= 11 is 6.23.